The standard InChI is InChI=1S/C10H14N2O3/c1-4-5-8-7(6-13)9(14)15-10(11-8)12(2)3/h6H,4-5H2,1-3H3. The minimum Gasteiger partial charge on any atom is -0.388 e. The lowest BCUT2D eigenvalue weighted by Gasteiger charge is -2.10. The summed E-state index contributed by atoms with van der Waals surface area (Å²) in [5, 5.41) is 0. The number of hydrogen-bond acceptors (Lipinski definition) is 5. The Morgan fingerprint density at radius 3 is 2.60 bits per heavy atom. The van der Waals surface area contributed by atoms with Crippen LogP contribution in [0, 0.1) is 0 Å². The molecule has 1 rings (SSSR count). The number of carbonyl (C=O) groups is 1. The summed E-state index contributed by atoms with van der Waals surface area (Å²) in [5.41, 5.74) is -0.0814. The van der Waals surface area contributed by atoms with Crippen molar-refractivity contribution in [3.63, 3.8) is 0 Å². The van der Waals surface area contributed by atoms with Gasteiger partial charge < -0.3 is 9.32 Å². The van der Waals surface area contributed by atoms with Crippen LogP contribution in [0.5, 0.6) is 0 Å². The molecular weight excluding hydrogens is 196 g/mol. The Kier molecular flexibility index (Phi) is 3.60. The van der Waals surface area contributed by atoms with Crippen LogP contribution in [0.3, 0.4) is 0 Å². The minimum atomic E-state index is -0.618. The van der Waals surface area contributed by atoms with Crippen molar-refractivity contribution in [1.29, 1.82) is 0 Å². The van der Waals surface area contributed by atoms with E-state index in [1.54, 1.807) is 19.0 Å². The fourth-order valence-electron chi connectivity index (χ4n) is 1.19. The van der Waals surface area contributed by atoms with E-state index in [0.717, 1.165) is 6.42 Å². The van der Waals surface area contributed by atoms with Crippen LogP contribution in [0.15, 0.2) is 9.21 Å². The van der Waals surface area contributed by atoms with E-state index in [1.165, 1.54) is 0 Å². The van der Waals surface area contributed by atoms with Crippen LogP contribution in [-0.4, -0.2) is 25.4 Å². The molecule has 0 N–H and O–H groups in total. The largest absolute Gasteiger partial charge is 0.388 e. The van der Waals surface area contributed by atoms with Gasteiger partial charge in [0, 0.05) is 14.1 Å². The van der Waals surface area contributed by atoms with Crippen molar-refractivity contribution in [2.45, 2.75) is 19.8 Å². The SMILES string of the molecule is CCCc1nc(N(C)C)oc(=O)c1C=O. The first-order chi connectivity index (χ1) is 7.10. The molecule has 0 aliphatic heterocycles. The summed E-state index contributed by atoms with van der Waals surface area (Å²) in [4.78, 5) is 27.8. The molecule has 0 atom stereocenters. The molecule has 0 aliphatic rings. The molecule has 0 spiro atoms. The summed E-state index contributed by atoms with van der Waals surface area (Å²) in [5.74, 6) is 0. The maximum atomic E-state index is 11.4. The second kappa shape index (κ2) is 4.72. The summed E-state index contributed by atoms with van der Waals surface area (Å²) >= 11 is 0. The zero-order chi connectivity index (χ0) is 11.4. The first-order valence-corrected chi connectivity index (χ1v) is 4.76. The van der Waals surface area contributed by atoms with Gasteiger partial charge in [-0.15, -0.1) is 0 Å². The third-order valence-corrected chi connectivity index (χ3v) is 1.93. The normalized spacial score (nSPS) is 10.1. The van der Waals surface area contributed by atoms with Crippen LogP contribution in [0.4, 0.5) is 6.01 Å². The topological polar surface area (TPSA) is 63.4 Å². The zero-order valence-electron chi connectivity index (χ0n) is 9.11. The average Bonchev–Trinajstić information content (AvgIpc) is 2.17. The molecule has 0 amide bonds. The van der Waals surface area contributed by atoms with Gasteiger partial charge in [0.2, 0.25) is 0 Å². The number of hydrogen-bond donors (Lipinski definition) is 0. The molecule has 0 saturated carbocycles. The molecule has 0 aliphatic carbocycles. The summed E-state index contributed by atoms with van der Waals surface area (Å²) < 4.78 is 4.88. The third kappa shape index (κ3) is 2.43. The van der Waals surface area contributed by atoms with Crippen LogP contribution in [0.25, 0.3) is 0 Å². The van der Waals surface area contributed by atoms with Gasteiger partial charge in [-0.05, 0) is 6.42 Å². The van der Waals surface area contributed by atoms with E-state index in [9.17, 15) is 9.59 Å². The van der Waals surface area contributed by atoms with Gasteiger partial charge in [0.25, 0.3) is 6.01 Å². The van der Waals surface area contributed by atoms with Crippen molar-refractivity contribution < 1.29 is 9.21 Å². The molecule has 0 fully saturated rings. The fraction of sp³-hybridized carbons (Fsp3) is 0.500. The molecule has 0 aromatic carbocycles. The van der Waals surface area contributed by atoms with Crippen molar-refractivity contribution in [1.82, 2.24) is 4.98 Å². The first kappa shape index (κ1) is 11.4. The van der Waals surface area contributed by atoms with Crippen LogP contribution >= 0.6 is 0 Å². The van der Waals surface area contributed by atoms with E-state index in [0.29, 0.717) is 18.4 Å². The Labute approximate surface area is 87.7 Å². The molecule has 5 nitrogen and oxygen atoms in total. The van der Waals surface area contributed by atoms with Gasteiger partial charge >= 0.3 is 5.63 Å². The van der Waals surface area contributed by atoms with Gasteiger partial charge in [0.15, 0.2) is 6.29 Å². The zero-order valence-corrected chi connectivity index (χ0v) is 9.11. The Bertz CT molecular complexity index is 410. The maximum absolute atomic E-state index is 11.4. The predicted molar refractivity (Wildman–Crippen MR) is 56.5 cm³/mol. The number of rotatable bonds is 4. The van der Waals surface area contributed by atoms with E-state index in [2.05, 4.69) is 4.98 Å². The van der Waals surface area contributed by atoms with Crippen molar-refractivity contribution >= 4 is 12.3 Å². The number of anilines is 1. The maximum Gasteiger partial charge on any atom is 0.351 e. The van der Waals surface area contributed by atoms with Gasteiger partial charge in [-0.3, -0.25) is 4.79 Å². The van der Waals surface area contributed by atoms with Gasteiger partial charge in [-0.1, -0.05) is 13.3 Å². The molecule has 82 valence electrons. The average molecular weight is 210 g/mol. The molecule has 1 heterocycles. The molecular formula is C10H14N2O3. The highest BCUT2D eigenvalue weighted by molar-refractivity contribution is 5.75. The summed E-state index contributed by atoms with van der Waals surface area (Å²) in [6.45, 7) is 1.96. The Balaban J connectivity index is 3.31. The quantitative estimate of drug-likeness (QED) is 0.690. The number of aldehydes is 1. The smallest absolute Gasteiger partial charge is 0.351 e. The predicted octanol–water partition coefficient (Wildman–Crippen LogP) is 0.866. The summed E-state index contributed by atoms with van der Waals surface area (Å²) in [6, 6.07) is 0.231. The lowest BCUT2D eigenvalue weighted by molar-refractivity contribution is 0.111. The van der Waals surface area contributed by atoms with Crippen molar-refractivity contribution in [3.05, 3.63) is 21.7 Å². The monoisotopic (exact) mass is 210 g/mol. The fourth-order valence-corrected chi connectivity index (χ4v) is 1.19. The number of aromatic nitrogens is 1. The van der Waals surface area contributed by atoms with E-state index < -0.39 is 5.63 Å². The number of carbonyl (C=O) groups excluding carboxylic acids is 1. The highest BCUT2D eigenvalue weighted by Gasteiger charge is 2.12. The molecule has 1 aromatic rings. The minimum absolute atomic E-state index is 0.0300. The lowest BCUT2D eigenvalue weighted by atomic mass is 10.2. The second-order valence-electron chi connectivity index (χ2n) is 3.41. The number of aryl methyl sites for hydroxylation is 1. The van der Waals surface area contributed by atoms with Crippen LogP contribution in [0.2, 0.25) is 0 Å². The van der Waals surface area contributed by atoms with Gasteiger partial charge in [0.05, 0.1) is 5.69 Å². The molecule has 0 radical (unpaired) electrons. The molecule has 1 aromatic heterocycles. The van der Waals surface area contributed by atoms with Crippen LogP contribution in [0.1, 0.15) is 29.4 Å². The van der Waals surface area contributed by atoms with Crippen molar-refractivity contribution in [2.75, 3.05) is 19.0 Å². The highest BCUT2D eigenvalue weighted by atomic mass is 16.4. The van der Waals surface area contributed by atoms with Crippen molar-refractivity contribution in [3.8, 4) is 0 Å². The molecule has 0 unspecified atom stereocenters. The van der Waals surface area contributed by atoms with E-state index in [4.69, 9.17) is 4.42 Å². The molecule has 0 saturated heterocycles. The molecule has 15 heavy (non-hydrogen) atoms. The van der Waals surface area contributed by atoms with E-state index in [1.807, 2.05) is 6.92 Å². The Hall–Kier alpha value is -1.65. The molecule has 5 heteroatoms. The van der Waals surface area contributed by atoms with E-state index >= 15 is 0 Å². The second-order valence-corrected chi connectivity index (χ2v) is 3.41. The summed E-state index contributed by atoms with van der Waals surface area (Å²) in [6.07, 6.45) is 1.92. The first-order valence-electron chi connectivity index (χ1n) is 4.76. The Morgan fingerprint density at radius 2 is 2.13 bits per heavy atom. The van der Waals surface area contributed by atoms with Crippen LogP contribution in [-0.2, 0) is 6.42 Å². The highest BCUT2D eigenvalue weighted by Crippen LogP contribution is 2.09. The van der Waals surface area contributed by atoms with Gasteiger partial charge in [0.1, 0.15) is 5.56 Å². The lowest BCUT2D eigenvalue weighted by Crippen LogP contribution is -2.19. The molecule has 0 bridgehead atoms. The Morgan fingerprint density at radius 1 is 1.47 bits per heavy atom. The van der Waals surface area contributed by atoms with Crippen molar-refractivity contribution in [2.24, 2.45) is 0 Å². The van der Waals surface area contributed by atoms with Gasteiger partial charge in [-0.2, -0.15) is 0 Å². The van der Waals surface area contributed by atoms with E-state index in [-0.39, 0.29) is 11.6 Å². The summed E-state index contributed by atoms with van der Waals surface area (Å²) in [7, 11) is 3.45. The third-order valence-electron chi connectivity index (χ3n) is 1.93. The number of nitrogens with zero attached hydrogens (tertiary/aromatic N) is 2. The van der Waals surface area contributed by atoms with Gasteiger partial charge in [-0.25, -0.2) is 9.78 Å². The van der Waals surface area contributed by atoms with Crippen LogP contribution < -0.4 is 10.5 Å².